The SMILES string of the molecule is CC#Cc1cc(C)c(C2C(=O)CC3(CCN(C(=O)N(C)C(C)=O)CC3)CC2=O)c(C)c1. The van der Waals surface area contributed by atoms with Crippen molar-refractivity contribution in [3.63, 3.8) is 0 Å². The van der Waals surface area contributed by atoms with Gasteiger partial charge in [-0.1, -0.05) is 5.92 Å². The zero-order chi connectivity index (χ0) is 22.9. The number of aryl methyl sites for hydroxylation is 2. The van der Waals surface area contributed by atoms with E-state index in [1.807, 2.05) is 26.0 Å². The van der Waals surface area contributed by atoms with Crippen molar-refractivity contribution in [1.29, 1.82) is 0 Å². The number of hydrogen-bond acceptors (Lipinski definition) is 4. The Balaban J connectivity index is 1.77. The number of ketones is 2. The van der Waals surface area contributed by atoms with Gasteiger partial charge in [-0.05, 0) is 67.9 Å². The molecule has 1 aromatic carbocycles. The Hall–Kier alpha value is -2.94. The molecule has 164 valence electrons. The van der Waals surface area contributed by atoms with Crippen molar-refractivity contribution in [3.05, 3.63) is 34.4 Å². The molecule has 1 aliphatic carbocycles. The van der Waals surface area contributed by atoms with E-state index in [9.17, 15) is 19.2 Å². The van der Waals surface area contributed by atoms with Gasteiger partial charge in [0.25, 0.3) is 0 Å². The Kier molecular flexibility index (Phi) is 6.35. The predicted molar refractivity (Wildman–Crippen MR) is 118 cm³/mol. The van der Waals surface area contributed by atoms with Crippen molar-refractivity contribution in [3.8, 4) is 11.8 Å². The first-order valence-corrected chi connectivity index (χ1v) is 10.7. The summed E-state index contributed by atoms with van der Waals surface area (Å²) in [5.74, 6) is 4.85. The molecule has 0 bridgehead atoms. The van der Waals surface area contributed by atoms with Crippen molar-refractivity contribution in [2.75, 3.05) is 20.1 Å². The summed E-state index contributed by atoms with van der Waals surface area (Å²) in [5, 5.41) is 0. The number of piperidine rings is 1. The van der Waals surface area contributed by atoms with Gasteiger partial charge in [0.1, 0.15) is 17.5 Å². The van der Waals surface area contributed by atoms with Gasteiger partial charge in [0, 0.05) is 45.5 Å². The molecule has 6 heteroatoms. The molecule has 0 N–H and O–H groups in total. The molecule has 1 aromatic rings. The highest BCUT2D eigenvalue weighted by Gasteiger charge is 2.48. The van der Waals surface area contributed by atoms with Crippen LogP contribution in [0.2, 0.25) is 0 Å². The number of rotatable bonds is 1. The molecule has 1 aliphatic heterocycles. The van der Waals surface area contributed by atoms with Crippen LogP contribution in [-0.2, 0) is 14.4 Å². The lowest BCUT2D eigenvalue weighted by atomic mass is 9.62. The number of Topliss-reactive ketones (excluding diaryl/α,β-unsaturated/α-hetero) is 2. The third-order valence-corrected chi connectivity index (χ3v) is 6.75. The molecule has 6 nitrogen and oxygen atoms in total. The van der Waals surface area contributed by atoms with E-state index in [2.05, 4.69) is 11.8 Å². The molecular formula is C25H30N2O4. The van der Waals surface area contributed by atoms with Crippen molar-refractivity contribution in [2.45, 2.75) is 59.3 Å². The van der Waals surface area contributed by atoms with Crippen LogP contribution in [0.5, 0.6) is 0 Å². The highest BCUT2D eigenvalue weighted by atomic mass is 16.2. The molecule has 0 aromatic heterocycles. The molecule has 1 saturated carbocycles. The summed E-state index contributed by atoms with van der Waals surface area (Å²) in [6, 6.07) is 3.56. The smallest absolute Gasteiger partial charge is 0.324 e. The Labute approximate surface area is 184 Å². The number of likely N-dealkylation sites (tertiary alicyclic amines) is 1. The molecule has 0 atom stereocenters. The number of hydrogen-bond donors (Lipinski definition) is 0. The summed E-state index contributed by atoms with van der Waals surface area (Å²) in [4.78, 5) is 53.1. The van der Waals surface area contributed by atoms with E-state index in [-0.39, 0.29) is 28.9 Å². The van der Waals surface area contributed by atoms with Crippen LogP contribution in [-0.4, -0.2) is 53.4 Å². The molecule has 3 amide bonds. The maximum absolute atomic E-state index is 13.2. The van der Waals surface area contributed by atoms with Crippen LogP contribution in [0.4, 0.5) is 4.79 Å². The number of carbonyl (C=O) groups excluding carboxylic acids is 4. The fourth-order valence-electron chi connectivity index (χ4n) is 5.03. The Morgan fingerprint density at radius 3 is 2.03 bits per heavy atom. The normalized spacial score (nSPS) is 18.5. The molecule has 31 heavy (non-hydrogen) atoms. The Morgan fingerprint density at radius 1 is 1.06 bits per heavy atom. The molecule has 1 heterocycles. The number of amides is 3. The van der Waals surface area contributed by atoms with Gasteiger partial charge in [-0.15, -0.1) is 5.92 Å². The van der Waals surface area contributed by atoms with Gasteiger partial charge in [0.15, 0.2) is 0 Å². The molecule has 1 spiro atoms. The fraction of sp³-hybridized carbons (Fsp3) is 0.520. The van der Waals surface area contributed by atoms with Gasteiger partial charge < -0.3 is 4.90 Å². The highest BCUT2D eigenvalue weighted by Crippen LogP contribution is 2.46. The monoisotopic (exact) mass is 422 g/mol. The van der Waals surface area contributed by atoms with Crippen molar-refractivity contribution in [1.82, 2.24) is 9.80 Å². The molecular weight excluding hydrogens is 392 g/mol. The van der Waals surface area contributed by atoms with Crippen molar-refractivity contribution < 1.29 is 19.2 Å². The lowest BCUT2D eigenvalue weighted by Crippen LogP contribution is -2.51. The summed E-state index contributed by atoms with van der Waals surface area (Å²) < 4.78 is 0. The van der Waals surface area contributed by atoms with Gasteiger partial charge in [-0.25, -0.2) is 4.79 Å². The van der Waals surface area contributed by atoms with E-state index in [4.69, 9.17) is 0 Å². The first-order valence-electron chi connectivity index (χ1n) is 10.7. The second kappa shape index (κ2) is 8.66. The van der Waals surface area contributed by atoms with Gasteiger partial charge >= 0.3 is 6.03 Å². The first-order chi connectivity index (χ1) is 14.6. The van der Waals surface area contributed by atoms with Crippen molar-refractivity contribution in [2.24, 2.45) is 5.41 Å². The Bertz CT molecular complexity index is 963. The zero-order valence-corrected chi connectivity index (χ0v) is 19.0. The standard InChI is InChI=1S/C25H30N2O4/c1-6-7-19-12-16(2)22(17(3)13-19)23-20(29)14-25(15-21(23)30)8-10-27(11-9-25)24(31)26(5)18(4)28/h12-13,23H,8-11,14-15H2,1-5H3. The average molecular weight is 423 g/mol. The number of nitrogens with zero attached hydrogens (tertiary/aromatic N) is 2. The molecule has 0 unspecified atom stereocenters. The minimum Gasteiger partial charge on any atom is -0.324 e. The van der Waals surface area contributed by atoms with E-state index in [0.29, 0.717) is 38.8 Å². The van der Waals surface area contributed by atoms with Crippen LogP contribution < -0.4 is 0 Å². The lowest BCUT2D eigenvalue weighted by molar-refractivity contribution is -0.138. The zero-order valence-electron chi connectivity index (χ0n) is 19.0. The minimum absolute atomic E-state index is 0.0302. The lowest BCUT2D eigenvalue weighted by Gasteiger charge is -2.45. The van der Waals surface area contributed by atoms with E-state index in [1.165, 1.54) is 14.0 Å². The van der Waals surface area contributed by atoms with Gasteiger partial charge in [-0.3, -0.25) is 19.3 Å². The molecule has 1 saturated heterocycles. The molecule has 2 aliphatic rings. The van der Waals surface area contributed by atoms with E-state index < -0.39 is 5.92 Å². The van der Waals surface area contributed by atoms with Crippen LogP contribution in [0.1, 0.15) is 67.7 Å². The topological polar surface area (TPSA) is 74.8 Å². The Morgan fingerprint density at radius 2 is 1.58 bits per heavy atom. The molecule has 3 rings (SSSR count). The van der Waals surface area contributed by atoms with E-state index in [0.717, 1.165) is 27.2 Å². The minimum atomic E-state index is -0.710. The number of benzene rings is 1. The maximum Gasteiger partial charge on any atom is 0.326 e. The predicted octanol–water partition coefficient (Wildman–Crippen LogP) is 3.37. The second-order valence-corrected chi connectivity index (χ2v) is 8.97. The van der Waals surface area contributed by atoms with Crippen LogP contribution in [0.3, 0.4) is 0 Å². The first kappa shape index (κ1) is 22.7. The summed E-state index contributed by atoms with van der Waals surface area (Å²) in [6.07, 6.45) is 1.89. The number of imide groups is 1. The van der Waals surface area contributed by atoms with Crippen LogP contribution >= 0.6 is 0 Å². The van der Waals surface area contributed by atoms with Gasteiger partial charge in [0.05, 0.1) is 0 Å². The highest BCUT2D eigenvalue weighted by molar-refractivity contribution is 6.10. The summed E-state index contributed by atoms with van der Waals surface area (Å²) in [7, 11) is 1.47. The molecule has 0 radical (unpaired) electrons. The fourth-order valence-corrected chi connectivity index (χ4v) is 5.03. The van der Waals surface area contributed by atoms with Crippen LogP contribution in [0.25, 0.3) is 0 Å². The summed E-state index contributed by atoms with van der Waals surface area (Å²) in [6.45, 7) is 7.90. The summed E-state index contributed by atoms with van der Waals surface area (Å²) >= 11 is 0. The van der Waals surface area contributed by atoms with Crippen LogP contribution in [0.15, 0.2) is 12.1 Å². The van der Waals surface area contributed by atoms with E-state index in [1.54, 1.807) is 11.8 Å². The third kappa shape index (κ3) is 4.41. The van der Waals surface area contributed by atoms with Crippen LogP contribution in [0, 0.1) is 31.1 Å². The second-order valence-electron chi connectivity index (χ2n) is 8.97. The van der Waals surface area contributed by atoms with Gasteiger partial charge in [0.2, 0.25) is 5.91 Å². The largest absolute Gasteiger partial charge is 0.326 e. The van der Waals surface area contributed by atoms with Gasteiger partial charge in [-0.2, -0.15) is 0 Å². The number of urea groups is 1. The third-order valence-electron chi connectivity index (χ3n) is 6.75. The quantitative estimate of drug-likeness (QED) is 0.514. The molecule has 2 fully saturated rings. The maximum atomic E-state index is 13.2. The number of carbonyl (C=O) groups is 4. The average Bonchev–Trinajstić information content (AvgIpc) is 2.69. The van der Waals surface area contributed by atoms with Crippen molar-refractivity contribution >= 4 is 23.5 Å². The van der Waals surface area contributed by atoms with E-state index >= 15 is 0 Å². The summed E-state index contributed by atoms with van der Waals surface area (Å²) in [5.41, 5.74) is 3.18.